The van der Waals surface area contributed by atoms with Crippen LogP contribution in [0.15, 0.2) is 95.9 Å². The van der Waals surface area contributed by atoms with E-state index in [0.717, 1.165) is 28.2 Å². The first-order valence-corrected chi connectivity index (χ1v) is 24.9. The zero-order chi connectivity index (χ0) is 43.1. The van der Waals surface area contributed by atoms with Gasteiger partial charge in [-0.1, -0.05) is 75.4 Å². The van der Waals surface area contributed by atoms with Gasteiger partial charge in [-0.3, -0.25) is 19.0 Å². The van der Waals surface area contributed by atoms with E-state index in [2.05, 4.69) is 89.4 Å². The van der Waals surface area contributed by atoms with Crippen LogP contribution < -0.4 is 15.0 Å². The van der Waals surface area contributed by atoms with Gasteiger partial charge < -0.3 is 27.9 Å². The Morgan fingerprint density at radius 1 is 0.881 bits per heavy atom. The van der Waals surface area contributed by atoms with E-state index in [1.807, 2.05) is 66.7 Å². The van der Waals surface area contributed by atoms with Crippen LogP contribution in [0.5, 0.6) is 11.5 Å². The van der Waals surface area contributed by atoms with Crippen molar-refractivity contribution < 1.29 is 27.9 Å². The van der Waals surface area contributed by atoms with Gasteiger partial charge in [-0.05, 0) is 99.0 Å². The van der Waals surface area contributed by atoms with Crippen molar-refractivity contribution in [3.8, 4) is 17.6 Å². The summed E-state index contributed by atoms with van der Waals surface area (Å²) in [6, 6.07) is 30.0. The highest BCUT2D eigenvalue weighted by Gasteiger charge is 2.54. The molecule has 0 amide bonds. The number of hydrogen-bond acceptors (Lipinski definition) is 10. The number of rotatable bonds is 18. The molecule has 5 atom stereocenters. The second kappa shape index (κ2) is 19.8. The summed E-state index contributed by atoms with van der Waals surface area (Å²) in [5.41, 5.74) is 1.21. The van der Waals surface area contributed by atoms with Crippen LogP contribution in [-0.4, -0.2) is 79.9 Å². The number of methoxy groups -OCH3 is 2. The minimum atomic E-state index is -2.53. The summed E-state index contributed by atoms with van der Waals surface area (Å²) >= 11 is 5.78. The smallest absolute Gasteiger partial charge is 0.251 e. The summed E-state index contributed by atoms with van der Waals surface area (Å²) < 4.78 is 44.9. The van der Waals surface area contributed by atoms with Gasteiger partial charge in [0.25, 0.3) is 5.56 Å². The molecule has 11 nitrogen and oxygen atoms in total. The predicted molar refractivity (Wildman–Crippen MR) is 239 cm³/mol. The second-order valence-corrected chi connectivity index (χ2v) is 23.8. The number of H-pyrrole nitrogens is 1. The number of nitrogens with one attached hydrogen (secondary N) is 1. The molecule has 2 heterocycles. The first kappa shape index (κ1) is 46.4. The topological polar surface area (TPSA) is 120 Å². The van der Waals surface area contributed by atoms with Gasteiger partial charge in [-0.15, -0.1) is 0 Å². The van der Waals surface area contributed by atoms with Gasteiger partial charge in [-0.2, -0.15) is 5.26 Å². The molecule has 1 N–H and O–H groups in total. The average Bonchev–Trinajstić information content (AvgIpc) is 3.52. The van der Waals surface area contributed by atoms with Crippen molar-refractivity contribution >= 4 is 28.8 Å². The lowest BCUT2D eigenvalue weighted by atomic mass is 9.80. The van der Waals surface area contributed by atoms with E-state index in [4.69, 9.17) is 40.1 Å². The summed E-state index contributed by atoms with van der Waals surface area (Å²) in [5.74, 6) is 1.43. The molecule has 0 saturated carbocycles. The zero-order valence-electron chi connectivity index (χ0n) is 36.3. The fourth-order valence-electron chi connectivity index (χ4n) is 7.37. The molecule has 1 unspecified atom stereocenters. The highest BCUT2D eigenvalue weighted by molar-refractivity contribution is 7.71. The lowest BCUT2D eigenvalue weighted by Gasteiger charge is -2.43. The number of hydrogen-bond donors (Lipinski definition) is 1. The van der Waals surface area contributed by atoms with Crippen LogP contribution in [0.4, 0.5) is 0 Å². The third kappa shape index (κ3) is 10.4. The summed E-state index contributed by atoms with van der Waals surface area (Å²) in [6.45, 7) is 19.7. The van der Waals surface area contributed by atoms with Crippen molar-refractivity contribution in [2.24, 2.45) is 0 Å². The molecule has 3 aromatic carbocycles. The highest BCUT2D eigenvalue weighted by Crippen LogP contribution is 2.52. The Bertz CT molecular complexity index is 2060. The highest BCUT2D eigenvalue weighted by atomic mass is 32.1. The lowest BCUT2D eigenvalue weighted by molar-refractivity contribution is -0.0932. The Morgan fingerprint density at radius 2 is 1.42 bits per heavy atom. The largest absolute Gasteiger partial charge is 0.497 e. The molecule has 0 bridgehead atoms. The SMILES string of the molecule is COc1ccc(C(OC[C@H]2O[C@@H](n3ccc(=O)[nH]c3=S)[C@H](O[Si](C)(C)C(C)(C)C)[C@@H]2OP(CCC#N)N(C(C)C)C(C)C)(c2ccccc2)c2ccc(OC)cc2)cc1. The quantitative estimate of drug-likeness (QED) is 0.0448. The number of aromatic nitrogens is 2. The molecule has 5 rings (SSSR count). The molecule has 1 aliphatic rings. The van der Waals surface area contributed by atoms with E-state index in [1.54, 1.807) is 25.0 Å². The van der Waals surface area contributed by atoms with E-state index in [0.29, 0.717) is 12.6 Å². The van der Waals surface area contributed by atoms with Crippen LogP contribution in [0.25, 0.3) is 0 Å². The molecule has 4 aromatic rings. The zero-order valence-corrected chi connectivity index (χ0v) is 39.0. The number of ether oxygens (including phenoxy) is 4. The van der Waals surface area contributed by atoms with E-state index < -0.39 is 46.8 Å². The van der Waals surface area contributed by atoms with Crippen molar-refractivity contribution in [3.63, 3.8) is 0 Å². The van der Waals surface area contributed by atoms with Crippen LogP contribution in [0, 0.1) is 16.1 Å². The third-order valence-electron chi connectivity index (χ3n) is 11.3. The summed E-state index contributed by atoms with van der Waals surface area (Å²) in [7, 11) is -0.569. The average molecular weight is 861 g/mol. The fraction of sp³-hybridized carbons (Fsp3) is 0.489. The molecule has 1 saturated heterocycles. The van der Waals surface area contributed by atoms with Gasteiger partial charge in [0, 0.05) is 36.9 Å². The lowest BCUT2D eigenvalue weighted by Crippen LogP contribution is -2.50. The molecular weight excluding hydrogens is 800 g/mol. The molecule has 0 radical (unpaired) electrons. The van der Waals surface area contributed by atoms with E-state index in [9.17, 15) is 10.1 Å². The van der Waals surface area contributed by atoms with Gasteiger partial charge in [-0.25, -0.2) is 0 Å². The number of aromatic amines is 1. The Hall–Kier alpha value is -3.70. The summed E-state index contributed by atoms with van der Waals surface area (Å²) in [5, 5.41) is 9.69. The minimum absolute atomic E-state index is 0.0624. The number of nitriles is 1. The maximum atomic E-state index is 12.5. The third-order valence-corrected chi connectivity index (χ3v) is 18.6. The van der Waals surface area contributed by atoms with Gasteiger partial charge in [0.1, 0.15) is 43.7 Å². The van der Waals surface area contributed by atoms with Crippen LogP contribution in [-0.2, 0) is 24.0 Å². The molecule has 0 aliphatic carbocycles. The van der Waals surface area contributed by atoms with Crippen molar-refractivity contribution in [2.45, 2.75) is 115 Å². The predicted octanol–water partition coefficient (Wildman–Crippen LogP) is 9.95. The van der Waals surface area contributed by atoms with Crippen LogP contribution in [0.2, 0.25) is 18.1 Å². The maximum Gasteiger partial charge on any atom is 0.251 e. The van der Waals surface area contributed by atoms with E-state index in [1.165, 1.54) is 6.07 Å². The molecule has 59 heavy (non-hydrogen) atoms. The molecular formula is C45H61N4O7PSSi. The first-order chi connectivity index (χ1) is 28.0. The standard InChI is InChI=1S/C45H61N4O7PSSi/c1-31(2)49(32(3)4)57(29-15-27-46)55-40-38(54-42(48-28-26-39(50)47-43(48)58)41(40)56-59(10,11)44(5,6)7)30-53-45(33-16-13-12-14-17-33,34-18-22-36(51-8)23-19-34)35-20-24-37(52-9)25-21-35/h12-14,16-26,28,31-32,38,40-42H,15,29-30H2,1-11H3,(H,47,50,58)/t38-,40-,41-,42-,57?/m1/s1. The van der Waals surface area contributed by atoms with E-state index in [-0.39, 0.29) is 34.1 Å². The Labute approximate surface area is 357 Å². The molecule has 1 aromatic heterocycles. The van der Waals surface area contributed by atoms with Gasteiger partial charge in [0.05, 0.1) is 26.9 Å². The van der Waals surface area contributed by atoms with Crippen molar-refractivity contribution in [1.29, 1.82) is 5.26 Å². The Morgan fingerprint density at radius 3 is 1.90 bits per heavy atom. The molecule has 14 heteroatoms. The van der Waals surface area contributed by atoms with Crippen molar-refractivity contribution in [1.82, 2.24) is 14.2 Å². The minimum Gasteiger partial charge on any atom is -0.497 e. The first-order valence-electron chi connectivity index (χ1n) is 20.2. The van der Waals surface area contributed by atoms with Crippen molar-refractivity contribution in [2.75, 3.05) is 27.0 Å². The van der Waals surface area contributed by atoms with Crippen LogP contribution >= 0.6 is 20.5 Å². The van der Waals surface area contributed by atoms with Gasteiger partial charge in [0.15, 0.2) is 19.3 Å². The van der Waals surface area contributed by atoms with Crippen LogP contribution in [0.3, 0.4) is 0 Å². The second-order valence-electron chi connectivity index (χ2n) is 16.9. The number of nitrogens with zero attached hydrogens (tertiary/aromatic N) is 3. The van der Waals surface area contributed by atoms with Gasteiger partial charge in [0.2, 0.25) is 0 Å². The number of benzene rings is 3. The Kier molecular flexibility index (Phi) is 15.5. The summed E-state index contributed by atoms with van der Waals surface area (Å²) in [6.07, 6.45) is -0.296. The molecule has 0 spiro atoms. The normalized spacial score (nSPS) is 19.3. The molecule has 1 aliphatic heterocycles. The fourth-order valence-corrected chi connectivity index (χ4v) is 11.2. The molecule has 1 fully saturated rings. The summed E-state index contributed by atoms with van der Waals surface area (Å²) in [4.78, 5) is 15.3. The molecule has 318 valence electrons. The monoisotopic (exact) mass is 860 g/mol. The Balaban J connectivity index is 1.73. The maximum absolute atomic E-state index is 12.5. The van der Waals surface area contributed by atoms with Crippen LogP contribution in [0.1, 0.15) is 77.8 Å². The van der Waals surface area contributed by atoms with E-state index >= 15 is 0 Å². The van der Waals surface area contributed by atoms with Crippen molar-refractivity contribution in [3.05, 3.63) is 123 Å². The van der Waals surface area contributed by atoms with Gasteiger partial charge >= 0.3 is 0 Å².